The molecule has 0 spiro atoms. The Bertz CT molecular complexity index is 1380. The first kappa shape index (κ1) is 20.8. The molecule has 0 radical (unpaired) electrons. The number of fused-ring (bicyclic) bond motifs is 3. The van der Waals surface area contributed by atoms with Crippen LogP contribution in [0.4, 0.5) is 4.39 Å². The van der Waals surface area contributed by atoms with Gasteiger partial charge in [0.05, 0.1) is 23.7 Å². The molecule has 168 valence electrons. The second kappa shape index (κ2) is 7.37. The number of benzene rings is 2. The van der Waals surface area contributed by atoms with Crippen molar-refractivity contribution in [3.63, 3.8) is 0 Å². The molecule has 2 aliphatic carbocycles. The van der Waals surface area contributed by atoms with Gasteiger partial charge >= 0.3 is 0 Å². The fraction of sp³-hybridized carbons (Fsp3) is 0.321. The third-order valence-electron chi connectivity index (χ3n) is 8.33. The Labute approximate surface area is 197 Å². The van der Waals surface area contributed by atoms with Gasteiger partial charge in [-0.05, 0) is 84.0 Å². The molecule has 2 aromatic carbocycles. The summed E-state index contributed by atoms with van der Waals surface area (Å²) in [5.41, 5.74) is 5.09. The lowest BCUT2D eigenvalue weighted by molar-refractivity contribution is -0.0624. The van der Waals surface area contributed by atoms with Gasteiger partial charge in [-0.15, -0.1) is 11.3 Å². The van der Waals surface area contributed by atoms with E-state index in [-0.39, 0.29) is 16.6 Å². The first-order valence-electron chi connectivity index (χ1n) is 11.6. The molecular weight excluding hydrogens is 431 g/mol. The molecule has 33 heavy (non-hydrogen) atoms. The number of thiophene rings is 1. The zero-order chi connectivity index (χ0) is 22.8. The molecular formula is C28H27FN2OS. The number of aliphatic hydroxyl groups excluding tert-OH is 1. The van der Waals surface area contributed by atoms with Crippen LogP contribution < -0.4 is 0 Å². The summed E-state index contributed by atoms with van der Waals surface area (Å²) in [4.78, 5) is 0. The Morgan fingerprint density at radius 2 is 1.91 bits per heavy atom. The molecule has 0 amide bonds. The molecule has 2 heterocycles. The number of allylic oxidation sites excluding steroid dienone is 1. The minimum atomic E-state index is -0.545. The van der Waals surface area contributed by atoms with E-state index in [2.05, 4.69) is 54.7 Å². The van der Waals surface area contributed by atoms with Crippen molar-refractivity contribution in [1.29, 1.82) is 0 Å². The Morgan fingerprint density at radius 3 is 2.73 bits per heavy atom. The van der Waals surface area contributed by atoms with E-state index < -0.39 is 6.10 Å². The summed E-state index contributed by atoms with van der Waals surface area (Å²) >= 11 is 1.71. The van der Waals surface area contributed by atoms with Crippen LogP contribution in [0, 0.1) is 16.6 Å². The third-order valence-corrected chi connectivity index (χ3v) is 9.31. The maximum Gasteiger partial charge on any atom is 0.123 e. The Kier molecular flexibility index (Phi) is 4.65. The average Bonchev–Trinajstić information content (AvgIpc) is 3.42. The number of aromatic nitrogens is 2. The van der Waals surface area contributed by atoms with Crippen LogP contribution in [0.25, 0.3) is 21.8 Å². The zero-order valence-corrected chi connectivity index (χ0v) is 19.7. The summed E-state index contributed by atoms with van der Waals surface area (Å²) in [6.45, 7) is 4.60. The summed E-state index contributed by atoms with van der Waals surface area (Å²) in [6.07, 6.45) is 7.58. The molecule has 4 aromatic rings. The smallest absolute Gasteiger partial charge is 0.123 e. The standard InChI is InChI=1S/C28H27FN2OS/c1-27(26(32)23-17-33-25-8-4-3-7-22(23)25)13-5-6-19-14-24-18(15-28(19,27)2)16-30-31(24)21-11-9-20(29)10-12-21/h3-4,7-12,14,16-17,26,32H,5-6,13,15H2,1-2H3/t26-,27+,28+/m1/s1. The number of aliphatic hydroxyl groups is 1. The van der Waals surface area contributed by atoms with Crippen molar-refractivity contribution in [3.05, 3.63) is 88.3 Å². The highest BCUT2D eigenvalue weighted by atomic mass is 32.1. The molecule has 0 saturated heterocycles. The molecule has 1 saturated carbocycles. The molecule has 0 bridgehead atoms. The van der Waals surface area contributed by atoms with Gasteiger partial charge in [0.15, 0.2) is 0 Å². The van der Waals surface area contributed by atoms with Gasteiger partial charge < -0.3 is 5.11 Å². The molecule has 1 N–H and O–H groups in total. The normalized spacial score (nSPS) is 25.4. The lowest BCUT2D eigenvalue weighted by atomic mass is 9.49. The van der Waals surface area contributed by atoms with Crippen LogP contribution in [0.3, 0.4) is 0 Å². The molecule has 0 aliphatic heterocycles. The predicted molar refractivity (Wildman–Crippen MR) is 132 cm³/mol. The molecule has 5 heteroatoms. The van der Waals surface area contributed by atoms with E-state index in [1.54, 1.807) is 23.5 Å². The summed E-state index contributed by atoms with van der Waals surface area (Å²) in [5, 5.41) is 19.8. The quantitative estimate of drug-likeness (QED) is 0.356. The van der Waals surface area contributed by atoms with Crippen LogP contribution in [-0.2, 0) is 6.42 Å². The molecule has 0 unspecified atom stereocenters. The van der Waals surface area contributed by atoms with Gasteiger partial charge in [0.25, 0.3) is 0 Å². The van der Waals surface area contributed by atoms with E-state index in [1.807, 2.05) is 10.9 Å². The van der Waals surface area contributed by atoms with E-state index in [1.165, 1.54) is 28.0 Å². The molecule has 6 rings (SSSR count). The molecule has 1 fully saturated rings. The molecule has 2 aliphatic rings. The summed E-state index contributed by atoms with van der Waals surface area (Å²) in [6, 6.07) is 14.9. The maximum absolute atomic E-state index is 13.4. The Hall–Kier alpha value is -2.76. The summed E-state index contributed by atoms with van der Waals surface area (Å²) < 4.78 is 16.6. The minimum Gasteiger partial charge on any atom is -0.388 e. The molecule has 2 aromatic heterocycles. The molecule has 3 nitrogen and oxygen atoms in total. The first-order valence-corrected chi connectivity index (χ1v) is 12.5. The van der Waals surface area contributed by atoms with Gasteiger partial charge in [-0.2, -0.15) is 5.10 Å². The second-order valence-electron chi connectivity index (χ2n) is 9.98. The average molecular weight is 459 g/mol. The number of hydrogen-bond donors (Lipinski definition) is 1. The van der Waals surface area contributed by atoms with Gasteiger partial charge in [0.1, 0.15) is 5.82 Å². The fourth-order valence-corrected chi connectivity index (χ4v) is 7.10. The second-order valence-corrected chi connectivity index (χ2v) is 10.9. The van der Waals surface area contributed by atoms with E-state index in [0.717, 1.165) is 48.0 Å². The number of halogens is 1. The van der Waals surface area contributed by atoms with Crippen molar-refractivity contribution in [3.8, 4) is 5.69 Å². The first-order chi connectivity index (χ1) is 15.9. The van der Waals surface area contributed by atoms with Crippen LogP contribution in [0.5, 0.6) is 0 Å². The third kappa shape index (κ3) is 2.99. The lowest BCUT2D eigenvalue weighted by Gasteiger charge is -2.55. The minimum absolute atomic E-state index is 0.169. The number of hydrogen-bond acceptors (Lipinski definition) is 3. The van der Waals surface area contributed by atoms with Gasteiger partial charge in [-0.1, -0.05) is 37.6 Å². The Morgan fingerprint density at radius 1 is 1.12 bits per heavy atom. The van der Waals surface area contributed by atoms with E-state index in [0.29, 0.717) is 0 Å². The fourth-order valence-electron chi connectivity index (χ4n) is 6.12. The van der Waals surface area contributed by atoms with Crippen LogP contribution in [0.1, 0.15) is 56.0 Å². The zero-order valence-electron chi connectivity index (χ0n) is 18.9. The van der Waals surface area contributed by atoms with Crippen LogP contribution in [0.15, 0.2) is 65.7 Å². The van der Waals surface area contributed by atoms with Crippen molar-refractivity contribution in [2.45, 2.75) is 45.6 Å². The largest absolute Gasteiger partial charge is 0.388 e. The lowest BCUT2D eigenvalue weighted by Crippen LogP contribution is -2.48. The van der Waals surface area contributed by atoms with Crippen LogP contribution in [0.2, 0.25) is 0 Å². The van der Waals surface area contributed by atoms with Crippen LogP contribution in [-0.4, -0.2) is 14.9 Å². The monoisotopic (exact) mass is 458 g/mol. The topological polar surface area (TPSA) is 38.0 Å². The highest BCUT2D eigenvalue weighted by Gasteiger charge is 2.55. The van der Waals surface area contributed by atoms with Crippen molar-refractivity contribution in [1.82, 2.24) is 9.78 Å². The van der Waals surface area contributed by atoms with E-state index >= 15 is 0 Å². The highest BCUT2D eigenvalue weighted by molar-refractivity contribution is 7.17. The molecule has 3 atom stereocenters. The summed E-state index contributed by atoms with van der Waals surface area (Å²) in [5.74, 6) is -0.247. The van der Waals surface area contributed by atoms with Crippen LogP contribution >= 0.6 is 11.3 Å². The van der Waals surface area contributed by atoms with Crippen molar-refractivity contribution in [2.24, 2.45) is 10.8 Å². The van der Waals surface area contributed by atoms with Crippen molar-refractivity contribution in [2.75, 3.05) is 0 Å². The van der Waals surface area contributed by atoms with E-state index in [4.69, 9.17) is 0 Å². The number of rotatable bonds is 3. The van der Waals surface area contributed by atoms with E-state index in [9.17, 15) is 9.50 Å². The Balaban J connectivity index is 1.43. The van der Waals surface area contributed by atoms with Gasteiger partial charge in [0.2, 0.25) is 0 Å². The van der Waals surface area contributed by atoms with Gasteiger partial charge in [0, 0.05) is 15.5 Å². The predicted octanol–water partition coefficient (Wildman–Crippen LogP) is 7.10. The van der Waals surface area contributed by atoms with Gasteiger partial charge in [-0.3, -0.25) is 0 Å². The van der Waals surface area contributed by atoms with Gasteiger partial charge in [-0.25, -0.2) is 9.07 Å². The SMILES string of the molecule is C[C@]12Cc3cnn(-c4ccc(F)cc4)c3C=C1CCC[C@@]2(C)[C@H](O)c1csc2ccccc12. The number of nitrogens with zero attached hydrogens (tertiary/aromatic N) is 2. The van der Waals surface area contributed by atoms with Crippen molar-refractivity contribution < 1.29 is 9.50 Å². The van der Waals surface area contributed by atoms with Crippen molar-refractivity contribution >= 4 is 27.5 Å². The maximum atomic E-state index is 13.4. The highest BCUT2D eigenvalue weighted by Crippen LogP contribution is 2.62. The summed E-state index contributed by atoms with van der Waals surface area (Å²) in [7, 11) is 0.